The zero-order valence-corrected chi connectivity index (χ0v) is 12.0. The molecule has 0 aromatic heterocycles. The average molecular weight is 283 g/mol. The van der Waals surface area contributed by atoms with E-state index in [1.165, 1.54) is 18.4 Å². The summed E-state index contributed by atoms with van der Waals surface area (Å²) >= 11 is 0. The summed E-state index contributed by atoms with van der Waals surface area (Å²) in [7, 11) is 0. The minimum Gasteiger partial charge on any atom is -0.353 e. The molecule has 1 aromatic carbocycles. The number of carbonyl (C=O) groups excluding carboxylic acids is 1. The van der Waals surface area contributed by atoms with Crippen molar-refractivity contribution in [3.05, 3.63) is 35.9 Å². The fraction of sp³-hybridized carbons (Fsp3) is 0.533. The quantitative estimate of drug-likeness (QED) is 0.806. The number of nitrogens with one attached hydrogen (secondary N) is 1. The van der Waals surface area contributed by atoms with Crippen molar-refractivity contribution in [3.63, 3.8) is 0 Å². The van der Waals surface area contributed by atoms with Crippen LogP contribution in [0, 0.1) is 5.92 Å². The highest BCUT2D eigenvalue weighted by Crippen LogP contribution is 2.34. The lowest BCUT2D eigenvalue weighted by atomic mass is 10.0. The number of halogens is 1. The predicted octanol–water partition coefficient (Wildman–Crippen LogP) is 2.28. The van der Waals surface area contributed by atoms with Crippen LogP contribution in [0.1, 0.15) is 31.2 Å². The Labute approximate surface area is 121 Å². The van der Waals surface area contributed by atoms with Crippen molar-refractivity contribution >= 4 is 18.3 Å². The minimum absolute atomic E-state index is 0. The van der Waals surface area contributed by atoms with E-state index in [1.54, 1.807) is 0 Å². The van der Waals surface area contributed by atoms with Gasteiger partial charge >= 0.3 is 0 Å². The molecule has 1 amide bonds. The third-order valence-corrected chi connectivity index (χ3v) is 3.44. The third-order valence-electron chi connectivity index (χ3n) is 3.44. The Balaban J connectivity index is 0.00000180. The number of nitrogens with two attached hydrogens (primary N) is 1. The summed E-state index contributed by atoms with van der Waals surface area (Å²) in [6, 6.07) is 10.7. The number of hydrogen-bond donors (Lipinski definition) is 2. The smallest absolute Gasteiger partial charge is 0.220 e. The number of carbonyl (C=O) groups is 1. The van der Waals surface area contributed by atoms with Crippen molar-refractivity contribution in [3.8, 4) is 0 Å². The predicted molar refractivity (Wildman–Crippen MR) is 80.3 cm³/mol. The first-order chi connectivity index (χ1) is 8.79. The van der Waals surface area contributed by atoms with Gasteiger partial charge in [0.15, 0.2) is 0 Å². The molecule has 3 nitrogen and oxygen atoms in total. The summed E-state index contributed by atoms with van der Waals surface area (Å²) in [6.07, 6.45) is 4.76. The molecule has 1 saturated carbocycles. The molecule has 2 rings (SSSR count). The first-order valence-electron chi connectivity index (χ1n) is 6.83. The van der Waals surface area contributed by atoms with Crippen LogP contribution >= 0.6 is 12.4 Å². The van der Waals surface area contributed by atoms with Gasteiger partial charge < -0.3 is 11.1 Å². The van der Waals surface area contributed by atoms with Gasteiger partial charge in [-0.05, 0) is 43.7 Å². The van der Waals surface area contributed by atoms with Crippen molar-refractivity contribution in [2.45, 2.75) is 38.1 Å². The van der Waals surface area contributed by atoms with Crippen LogP contribution in [0.2, 0.25) is 0 Å². The fourth-order valence-corrected chi connectivity index (χ4v) is 2.24. The molecular weight excluding hydrogens is 260 g/mol. The van der Waals surface area contributed by atoms with E-state index in [9.17, 15) is 4.79 Å². The second-order valence-electron chi connectivity index (χ2n) is 5.09. The normalized spacial score (nSPS) is 15.4. The lowest BCUT2D eigenvalue weighted by Gasteiger charge is -2.18. The molecule has 1 unspecified atom stereocenters. The van der Waals surface area contributed by atoms with E-state index in [2.05, 4.69) is 29.6 Å². The van der Waals surface area contributed by atoms with Crippen molar-refractivity contribution in [2.75, 3.05) is 6.54 Å². The Kier molecular flexibility index (Phi) is 6.89. The Morgan fingerprint density at radius 3 is 2.58 bits per heavy atom. The standard InChI is InChI=1S/C15H22N2O.ClH/c16-10-4-7-15(18)17-14(13-8-9-13)11-12-5-2-1-3-6-12;/h1-3,5-6,13-14H,4,7-11,16H2,(H,17,18);1H. The summed E-state index contributed by atoms with van der Waals surface area (Å²) in [6.45, 7) is 0.584. The zero-order chi connectivity index (χ0) is 12.8. The average Bonchev–Trinajstić information content (AvgIpc) is 3.21. The van der Waals surface area contributed by atoms with Crippen molar-refractivity contribution < 1.29 is 4.79 Å². The molecule has 0 bridgehead atoms. The summed E-state index contributed by atoms with van der Waals surface area (Å²) < 4.78 is 0. The van der Waals surface area contributed by atoms with E-state index < -0.39 is 0 Å². The number of benzene rings is 1. The molecule has 1 fully saturated rings. The molecule has 0 radical (unpaired) electrons. The van der Waals surface area contributed by atoms with Crippen LogP contribution in [0.15, 0.2) is 30.3 Å². The largest absolute Gasteiger partial charge is 0.353 e. The maximum atomic E-state index is 11.8. The lowest BCUT2D eigenvalue weighted by Crippen LogP contribution is -2.38. The molecule has 1 aliphatic rings. The van der Waals surface area contributed by atoms with Crippen LogP contribution in [0.4, 0.5) is 0 Å². The van der Waals surface area contributed by atoms with Gasteiger partial charge in [-0.15, -0.1) is 12.4 Å². The monoisotopic (exact) mass is 282 g/mol. The van der Waals surface area contributed by atoms with Crippen LogP contribution in [0.3, 0.4) is 0 Å². The topological polar surface area (TPSA) is 55.1 Å². The number of rotatable bonds is 7. The second-order valence-corrected chi connectivity index (χ2v) is 5.09. The van der Waals surface area contributed by atoms with E-state index in [1.807, 2.05) is 6.07 Å². The van der Waals surface area contributed by atoms with Crippen LogP contribution in [-0.4, -0.2) is 18.5 Å². The van der Waals surface area contributed by atoms with Gasteiger partial charge in [-0.3, -0.25) is 4.79 Å². The van der Waals surface area contributed by atoms with E-state index in [0.717, 1.165) is 12.8 Å². The van der Waals surface area contributed by atoms with Crippen molar-refractivity contribution in [2.24, 2.45) is 11.7 Å². The molecule has 1 atom stereocenters. The molecule has 4 heteroatoms. The molecule has 3 N–H and O–H groups in total. The Bertz CT molecular complexity index is 379. The second kappa shape index (κ2) is 8.18. The van der Waals surface area contributed by atoms with Crippen molar-refractivity contribution in [1.82, 2.24) is 5.32 Å². The first kappa shape index (κ1) is 16.0. The molecule has 1 aromatic rings. The van der Waals surface area contributed by atoms with Gasteiger partial charge in [0.2, 0.25) is 5.91 Å². The molecule has 19 heavy (non-hydrogen) atoms. The van der Waals surface area contributed by atoms with E-state index in [0.29, 0.717) is 24.9 Å². The highest BCUT2D eigenvalue weighted by atomic mass is 35.5. The van der Waals surface area contributed by atoms with Gasteiger partial charge in [-0.1, -0.05) is 30.3 Å². The maximum absolute atomic E-state index is 11.8. The molecule has 0 heterocycles. The zero-order valence-electron chi connectivity index (χ0n) is 11.2. The molecule has 1 aliphatic carbocycles. The Hall–Kier alpha value is -1.06. The summed E-state index contributed by atoms with van der Waals surface area (Å²) in [5.41, 5.74) is 6.72. The first-order valence-corrected chi connectivity index (χ1v) is 6.83. The molecule has 0 aliphatic heterocycles. The van der Waals surface area contributed by atoms with Crippen LogP contribution in [0.5, 0.6) is 0 Å². The van der Waals surface area contributed by atoms with Crippen molar-refractivity contribution in [1.29, 1.82) is 0 Å². The molecule has 0 spiro atoms. The fourth-order valence-electron chi connectivity index (χ4n) is 2.24. The highest BCUT2D eigenvalue weighted by Gasteiger charge is 2.32. The number of hydrogen-bond acceptors (Lipinski definition) is 2. The van der Waals surface area contributed by atoms with Gasteiger partial charge in [-0.2, -0.15) is 0 Å². The van der Waals surface area contributed by atoms with Gasteiger partial charge in [0.25, 0.3) is 0 Å². The molecule has 106 valence electrons. The Morgan fingerprint density at radius 1 is 1.32 bits per heavy atom. The maximum Gasteiger partial charge on any atom is 0.220 e. The van der Waals surface area contributed by atoms with Gasteiger partial charge in [0.1, 0.15) is 0 Å². The van der Waals surface area contributed by atoms with Gasteiger partial charge in [0, 0.05) is 12.5 Å². The van der Waals surface area contributed by atoms with Gasteiger partial charge in [-0.25, -0.2) is 0 Å². The molecular formula is C15H23ClN2O. The SMILES string of the molecule is Cl.NCCCC(=O)NC(Cc1ccccc1)C1CC1. The Morgan fingerprint density at radius 2 is 2.00 bits per heavy atom. The van der Waals surface area contributed by atoms with Crippen LogP contribution < -0.4 is 11.1 Å². The summed E-state index contributed by atoms with van der Waals surface area (Å²) in [5.74, 6) is 0.820. The number of amides is 1. The lowest BCUT2D eigenvalue weighted by molar-refractivity contribution is -0.122. The summed E-state index contributed by atoms with van der Waals surface area (Å²) in [5, 5.41) is 3.17. The third kappa shape index (κ3) is 5.62. The minimum atomic E-state index is 0. The summed E-state index contributed by atoms with van der Waals surface area (Å²) in [4.78, 5) is 11.8. The van der Waals surface area contributed by atoms with Gasteiger partial charge in [0.05, 0.1) is 0 Å². The van der Waals surface area contributed by atoms with E-state index >= 15 is 0 Å². The highest BCUT2D eigenvalue weighted by molar-refractivity contribution is 5.85. The van der Waals surface area contributed by atoms with E-state index in [-0.39, 0.29) is 18.3 Å². The van der Waals surface area contributed by atoms with Crippen LogP contribution in [-0.2, 0) is 11.2 Å². The van der Waals surface area contributed by atoms with E-state index in [4.69, 9.17) is 5.73 Å². The van der Waals surface area contributed by atoms with Crippen LogP contribution in [0.25, 0.3) is 0 Å². The molecule has 0 saturated heterocycles.